The molecule has 0 saturated heterocycles. The van der Waals surface area contributed by atoms with E-state index in [2.05, 4.69) is 44.2 Å². The summed E-state index contributed by atoms with van der Waals surface area (Å²) in [5.41, 5.74) is 3.49. The fraction of sp³-hybridized carbons (Fsp3) is 0.400. The molecule has 2 heterocycles. The highest BCUT2D eigenvalue weighted by Gasteiger charge is 2.56. The number of benzene rings is 3. The van der Waals surface area contributed by atoms with Crippen molar-refractivity contribution < 1.29 is 19.7 Å². The number of ether oxygens (including phenoxy) is 1. The highest BCUT2D eigenvalue weighted by atomic mass is 32.2. The van der Waals surface area contributed by atoms with Crippen molar-refractivity contribution in [3.8, 4) is 5.75 Å². The third-order valence-corrected chi connectivity index (χ3v) is 14.1. The molecule has 8 rings (SSSR count). The molecule has 1 saturated carbocycles. The number of rotatable bonds is 7. The predicted molar refractivity (Wildman–Crippen MR) is 200 cm³/mol. The maximum absolute atomic E-state index is 14.5. The number of allylic oxidation sites excluding steroid dienone is 2. The fourth-order valence-corrected chi connectivity index (χ4v) is 11.2. The molecule has 48 heavy (non-hydrogen) atoms. The van der Waals surface area contributed by atoms with E-state index in [1.54, 1.807) is 23.1 Å². The average molecular weight is 698 g/mol. The van der Waals surface area contributed by atoms with Gasteiger partial charge in [-0.1, -0.05) is 60.7 Å². The van der Waals surface area contributed by atoms with Gasteiger partial charge in [-0.3, -0.25) is 4.79 Å². The van der Waals surface area contributed by atoms with Gasteiger partial charge in [0.15, 0.2) is 4.34 Å². The number of hydrogen-bond acceptors (Lipinski definition) is 8. The summed E-state index contributed by atoms with van der Waals surface area (Å²) in [5, 5.41) is 24.7. The zero-order chi connectivity index (χ0) is 33.5. The Morgan fingerprint density at radius 1 is 1.04 bits per heavy atom. The highest BCUT2D eigenvalue weighted by Crippen LogP contribution is 2.60. The van der Waals surface area contributed by atoms with Gasteiger partial charge in [-0.25, -0.2) is 4.98 Å². The van der Waals surface area contributed by atoms with Gasteiger partial charge in [-0.15, -0.1) is 22.7 Å². The molecule has 5 nitrogen and oxygen atoms in total. The van der Waals surface area contributed by atoms with Crippen molar-refractivity contribution in [2.75, 3.05) is 12.4 Å². The molecular weight excluding hydrogens is 655 g/mol. The summed E-state index contributed by atoms with van der Waals surface area (Å²) in [5.74, 6) is 1.40. The van der Waals surface area contributed by atoms with E-state index in [1.165, 1.54) is 16.9 Å². The van der Waals surface area contributed by atoms with E-state index >= 15 is 0 Å². The van der Waals surface area contributed by atoms with Crippen LogP contribution in [-0.4, -0.2) is 45.0 Å². The van der Waals surface area contributed by atoms with E-state index in [0.717, 1.165) is 72.1 Å². The molecule has 0 radical (unpaired) electrons. The number of thiophene rings is 1. The van der Waals surface area contributed by atoms with E-state index in [1.807, 2.05) is 49.4 Å². The number of carbonyl (C=O) groups excluding carboxylic acids is 1. The van der Waals surface area contributed by atoms with Crippen LogP contribution < -0.4 is 4.74 Å². The molecule has 0 amide bonds. The molecule has 5 aromatic rings. The third kappa shape index (κ3) is 6.50. The molecule has 4 atom stereocenters. The Morgan fingerprint density at radius 2 is 1.90 bits per heavy atom. The largest absolute Gasteiger partial charge is 0.494 e. The first-order chi connectivity index (χ1) is 23.2. The Kier molecular flexibility index (Phi) is 9.57. The summed E-state index contributed by atoms with van der Waals surface area (Å²) in [4.78, 5) is 20.1. The van der Waals surface area contributed by atoms with Crippen molar-refractivity contribution in [1.82, 2.24) is 4.98 Å². The lowest BCUT2D eigenvalue weighted by atomic mass is 9.65. The number of thioether (sulfide) groups is 1. The lowest BCUT2D eigenvalue weighted by molar-refractivity contribution is -0.0422. The van der Waals surface area contributed by atoms with Gasteiger partial charge >= 0.3 is 0 Å². The molecular formula is C40H43NO4S3. The lowest BCUT2D eigenvalue weighted by Crippen LogP contribution is -2.46. The van der Waals surface area contributed by atoms with E-state index in [0.29, 0.717) is 37.2 Å². The molecule has 4 unspecified atom stereocenters. The molecule has 250 valence electrons. The van der Waals surface area contributed by atoms with E-state index in [-0.39, 0.29) is 11.7 Å². The van der Waals surface area contributed by atoms with Gasteiger partial charge in [0, 0.05) is 21.4 Å². The third-order valence-electron chi connectivity index (χ3n) is 10.7. The van der Waals surface area contributed by atoms with Crippen LogP contribution in [0.1, 0.15) is 91.6 Å². The Bertz CT molecular complexity index is 1960. The molecule has 3 aromatic carbocycles. The highest BCUT2D eigenvalue weighted by molar-refractivity contribution is 8.01. The van der Waals surface area contributed by atoms with Gasteiger partial charge in [0.2, 0.25) is 5.78 Å². The Balaban J connectivity index is 1.26. The second kappa shape index (κ2) is 13.7. The molecule has 2 aromatic heterocycles. The van der Waals surface area contributed by atoms with Crippen LogP contribution in [0.25, 0.3) is 20.3 Å². The summed E-state index contributed by atoms with van der Waals surface area (Å²) in [6.07, 6.45) is 6.92. The molecule has 0 spiro atoms. The van der Waals surface area contributed by atoms with Crippen LogP contribution in [0.5, 0.6) is 5.75 Å². The van der Waals surface area contributed by atoms with Crippen molar-refractivity contribution in [3.63, 3.8) is 0 Å². The number of hydrogen-bond donors (Lipinski definition) is 2. The van der Waals surface area contributed by atoms with Crippen LogP contribution >= 0.6 is 34.4 Å². The van der Waals surface area contributed by atoms with Gasteiger partial charge in [0.25, 0.3) is 0 Å². The maximum Gasteiger partial charge on any atom is 0.203 e. The standard InChI is InChI=1S/C40H43NO4S3/c1-4-45-29-14-16-33-35(23-29)48-38(41-33)46-24-40(44)19-17-32-30-15-12-26(20-28(42)13-11-25(2)8-7-18-39(32,40)3)21-31(30)37(43)36-22-27-9-5-6-10-34(27)47-36/h5-6,8-10,12,14-16,21-23,28,32,42,44H,4,7,11,13,17-20,24H2,1-3H3. The quantitative estimate of drug-likeness (QED) is 0.100. The van der Waals surface area contributed by atoms with E-state index in [9.17, 15) is 15.0 Å². The molecule has 2 N–H and O–H groups in total. The Morgan fingerprint density at radius 3 is 2.73 bits per heavy atom. The van der Waals surface area contributed by atoms with Crippen molar-refractivity contribution >= 4 is 60.5 Å². The minimum Gasteiger partial charge on any atom is -0.494 e. The molecule has 3 aliphatic rings. The van der Waals surface area contributed by atoms with Gasteiger partial charge in [-0.05, 0) is 118 Å². The molecule has 8 heteroatoms. The minimum atomic E-state index is -0.956. The van der Waals surface area contributed by atoms with Crippen LogP contribution in [0, 0.1) is 5.41 Å². The normalized spacial score (nSPS) is 24.8. The first kappa shape index (κ1) is 33.5. The van der Waals surface area contributed by atoms with Crippen LogP contribution in [0.3, 0.4) is 0 Å². The Labute approximate surface area is 295 Å². The van der Waals surface area contributed by atoms with Crippen LogP contribution in [0.15, 0.2) is 82.7 Å². The molecule has 0 aliphatic heterocycles. The number of ketones is 1. The zero-order valence-corrected chi connectivity index (χ0v) is 30.3. The summed E-state index contributed by atoms with van der Waals surface area (Å²) in [6, 6.07) is 22.4. The second-order valence-corrected chi connectivity index (χ2v) is 17.1. The maximum atomic E-state index is 14.5. The van der Waals surface area contributed by atoms with Crippen molar-refractivity contribution in [1.29, 1.82) is 0 Å². The predicted octanol–water partition coefficient (Wildman–Crippen LogP) is 9.97. The van der Waals surface area contributed by atoms with Gasteiger partial charge in [-0.2, -0.15) is 0 Å². The summed E-state index contributed by atoms with van der Waals surface area (Å²) >= 11 is 4.82. The summed E-state index contributed by atoms with van der Waals surface area (Å²) in [6.45, 7) is 7.00. The van der Waals surface area contributed by atoms with Crippen molar-refractivity contribution in [2.45, 2.75) is 87.7 Å². The minimum absolute atomic E-state index is 0.00355. The SMILES string of the molecule is CCOc1ccc2nc(SCC3(O)CCC4c5ccc(cc5C(=O)c5cc6ccccc6s5)CC(O)CCC(C)=CCCC43C)sc2c1. The monoisotopic (exact) mass is 697 g/mol. The van der Waals surface area contributed by atoms with Crippen molar-refractivity contribution in [2.24, 2.45) is 5.41 Å². The first-order valence-corrected chi connectivity index (χ1v) is 19.7. The number of nitrogens with zero attached hydrogens (tertiary/aromatic N) is 1. The summed E-state index contributed by atoms with van der Waals surface area (Å²) < 4.78 is 8.83. The van der Waals surface area contributed by atoms with Crippen LogP contribution in [-0.2, 0) is 6.42 Å². The second-order valence-electron chi connectivity index (χ2n) is 13.8. The number of carbonyl (C=O) groups is 1. The smallest absolute Gasteiger partial charge is 0.203 e. The van der Waals surface area contributed by atoms with Crippen LogP contribution in [0.4, 0.5) is 0 Å². The average Bonchev–Trinajstić information content (AvgIpc) is 3.76. The number of fused-ring (bicyclic) bond motifs is 10. The zero-order valence-electron chi connectivity index (χ0n) is 27.8. The van der Waals surface area contributed by atoms with Gasteiger partial charge in [0.05, 0.1) is 33.4 Å². The number of aliphatic hydroxyl groups is 2. The fourth-order valence-electron chi connectivity index (χ4n) is 7.78. The van der Waals surface area contributed by atoms with Gasteiger partial charge < -0.3 is 14.9 Å². The van der Waals surface area contributed by atoms with Crippen molar-refractivity contribution in [3.05, 3.63) is 99.9 Å². The molecule has 1 fully saturated rings. The molecule has 2 bridgehead atoms. The Hall–Kier alpha value is -3.01. The topological polar surface area (TPSA) is 79.7 Å². The number of thiazole rings is 1. The molecule has 3 aliphatic carbocycles. The van der Waals surface area contributed by atoms with Gasteiger partial charge in [0.1, 0.15) is 5.75 Å². The number of aromatic nitrogens is 1. The first-order valence-electron chi connectivity index (χ1n) is 17.0. The number of aliphatic hydroxyl groups excluding tert-OH is 1. The van der Waals surface area contributed by atoms with Crippen LogP contribution in [0.2, 0.25) is 0 Å². The summed E-state index contributed by atoms with van der Waals surface area (Å²) in [7, 11) is 0. The van der Waals surface area contributed by atoms with E-state index in [4.69, 9.17) is 9.72 Å². The van der Waals surface area contributed by atoms with E-state index < -0.39 is 17.1 Å². The lowest BCUT2D eigenvalue weighted by Gasteiger charge is -2.44.